The van der Waals surface area contributed by atoms with Crippen molar-refractivity contribution in [3.05, 3.63) is 24.0 Å². The lowest BCUT2D eigenvalue weighted by Gasteiger charge is -2.23. The van der Waals surface area contributed by atoms with E-state index in [0.717, 1.165) is 11.3 Å². The van der Waals surface area contributed by atoms with E-state index in [-0.39, 0.29) is 12.1 Å². The largest absolute Gasteiger partial charge is 0.392 e. The molecule has 13 heavy (non-hydrogen) atoms. The molecule has 0 unspecified atom stereocenters. The van der Waals surface area contributed by atoms with Crippen LogP contribution >= 0.6 is 0 Å². The van der Waals surface area contributed by atoms with Crippen LogP contribution in [0.1, 0.15) is 26.3 Å². The van der Waals surface area contributed by atoms with E-state index in [2.05, 4.69) is 31.1 Å². The Kier molecular flexibility index (Phi) is 2.88. The van der Waals surface area contributed by atoms with E-state index >= 15 is 0 Å². The fourth-order valence-electron chi connectivity index (χ4n) is 1.08. The smallest absolute Gasteiger partial charge is 0.0703 e. The number of hydrogen-bond acceptors (Lipinski definition) is 3. The highest BCUT2D eigenvalue weighted by Gasteiger charge is 2.11. The van der Waals surface area contributed by atoms with E-state index in [1.807, 2.05) is 6.07 Å². The van der Waals surface area contributed by atoms with Crippen molar-refractivity contribution < 1.29 is 5.11 Å². The first-order valence-electron chi connectivity index (χ1n) is 4.35. The molecule has 0 radical (unpaired) electrons. The average molecular weight is 180 g/mol. The first-order chi connectivity index (χ1) is 6.03. The Morgan fingerprint density at radius 3 is 2.69 bits per heavy atom. The zero-order valence-corrected chi connectivity index (χ0v) is 8.33. The van der Waals surface area contributed by atoms with Gasteiger partial charge in [0.1, 0.15) is 0 Å². The van der Waals surface area contributed by atoms with Crippen LogP contribution in [0.25, 0.3) is 0 Å². The van der Waals surface area contributed by atoms with E-state index in [1.165, 1.54) is 0 Å². The predicted molar refractivity (Wildman–Crippen MR) is 53.5 cm³/mol. The van der Waals surface area contributed by atoms with E-state index in [4.69, 9.17) is 5.11 Å². The molecule has 0 aromatic carbocycles. The molecule has 0 aliphatic carbocycles. The van der Waals surface area contributed by atoms with E-state index in [0.29, 0.717) is 0 Å². The van der Waals surface area contributed by atoms with Crippen LogP contribution < -0.4 is 5.32 Å². The van der Waals surface area contributed by atoms with Crippen molar-refractivity contribution in [1.29, 1.82) is 0 Å². The normalized spacial score (nSPS) is 11.4. The van der Waals surface area contributed by atoms with Gasteiger partial charge in [0.15, 0.2) is 0 Å². The summed E-state index contributed by atoms with van der Waals surface area (Å²) in [6, 6.07) is 1.81. The highest BCUT2D eigenvalue weighted by molar-refractivity contribution is 5.50. The summed E-state index contributed by atoms with van der Waals surface area (Å²) in [4.78, 5) is 4.00. The van der Waals surface area contributed by atoms with Crippen molar-refractivity contribution in [3.63, 3.8) is 0 Å². The fraction of sp³-hybridized carbons (Fsp3) is 0.500. The number of nitrogens with one attached hydrogen (secondary N) is 1. The second-order valence-corrected chi connectivity index (χ2v) is 4.07. The molecule has 0 aliphatic rings. The second kappa shape index (κ2) is 3.75. The van der Waals surface area contributed by atoms with Crippen molar-refractivity contribution >= 4 is 5.69 Å². The first-order valence-corrected chi connectivity index (χ1v) is 4.35. The summed E-state index contributed by atoms with van der Waals surface area (Å²) in [5, 5.41) is 12.3. The molecule has 0 atom stereocenters. The summed E-state index contributed by atoms with van der Waals surface area (Å²) in [5.74, 6) is 0. The molecule has 0 fully saturated rings. The Morgan fingerprint density at radius 2 is 2.15 bits per heavy atom. The van der Waals surface area contributed by atoms with Gasteiger partial charge in [0.05, 0.1) is 18.5 Å². The molecule has 0 bridgehead atoms. The van der Waals surface area contributed by atoms with Crippen LogP contribution in [0.2, 0.25) is 0 Å². The zero-order valence-electron chi connectivity index (χ0n) is 8.33. The fourth-order valence-corrected chi connectivity index (χ4v) is 1.08. The molecule has 1 rings (SSSR count). The molecule has 1 aromatic rings. The minimum Gasteiger partial charge on any atom is -0.392 e. The van der Waals surface area contributed by atoms with Gasteiger partial charge in [0.2, 0.25) is 0 Å². The standard InChI is InChI=1S/C10H16N2O/c1-10(2,3)12-9-6-11-5-4-8(9)7-13/h4-6,12-13H,7H2,1-3H3. The number of rotatable bonds is 2. The highest BCUT2D eigenvalue weighted by atomic mass is 16.3. The van der Waals surface area contributed by atoms with Crippen LogP contribution in [-0.4, -0.2) is 15.6 Å². The van der Waals surface area contributed by atoms with Crippen LogP contribution in [0.4, 0.5) is 5.69 Å². The van der Waals surface area contributed by atoms with Gasteiger partial charge >= 0.3 is 0 Å². The Bertz CT molecular complexity index is 278. The topological polar surface area (TPSA) is 45.2 Å². The molecule has 0 amide bonds. The lowest BCUT2D eigenvalue weighted by Crippen LogP contribution is -2.26. The van der Waals surface area contributed by atoms with E-state index in [1.54, 1.807) is 12.4 Å². The molecule has 3 heteroatoms. The van der Waals surface area contributed by atoms with Crippen molar-refractivity contribution in [2.45, 2.75) is 32.9 Å². The number of aromatic nitrogens is 1. The van der Waals surface area contributed by atoms with Gasteiger partial charge in [-0.2, -0.15) is 0 Å². The summed E-state index contributed by atoms with van der Waals surface area (Å²) in [7, 11) is 0. The SMILES string of the molecule is CC(C)(C)Nc1cnccc1CO. The Balaban J connectivity index is 2.87. The molecule has 0 aliphatic heterocycles. The van der Waals surface area contributed by atoms with Crippen LogP contribution in [-0.2, 0) is 6.61 Å². The molecule has 0 saturated heterocycles. The molecular formula is C10H16N2O. The van der Waals surface area contributed by atoms with E-state index < -0.39 is 0 Å². The molecule has 1 aromatic heterocycles. The minimum atomic E-state index is -0.00699. The van der Waals surface area contributed by atoms with Gasteiger partial charge in [0.25, 0.3) is 0 Å². The highest BCUT2D eigenvalue weighted by Crippen LogP contribution is 2.18. The summed E-state index contributed by atoms with van der Waals surface area (Å²) in [5.41, 5.74) is 1.77. The number of nitrogens with zero attached hydrogens (tertiary/aromatic N) is 1. The third-order valence-corrected chi connectivity index (χ3v) is 1.59. The zero-order chi connectivity index (χ0) is 9.90. The maximum absolute atomic E-state index is 9.05. The lowest BCUT2D eigenvalue weighted by molar-refractivity contribution is 0.282. The summed E-state index contributed by atoms with van der Waals surface area (Å²) < 4.78 is 0. The quantitative estimate of drug-likeness (QED) is 0.729. The Labute approximate surface area is 78.8 Å². The van der Waals surface area contributed by atoms with Gasteiger partial charge in [-0.1, -0.05) is 0 Å². The van der Waals surface area contributed by atoms with Crippen LogP contribution in [0.15, 0.2) is 18.5 Å². The Hall–Kier alpha value is -1.09. The molecule has 3 nitrogen and oxygen atoms in total. The number of aliphatic hydroxyl groups excluding tert-OH is 1. The molecule has 0 saturated carbocycles. The minimum absolute atomic E-state index is 0.00699. The van der Waals surface area contributed by atoms with Gasteiger partial charge in [-0.05, 0) is 26.8 Å². The summed E-state index contributed by atoms with van der Waals surface area (Å²) >= 11 is 0. The number of aliphatic hydroxyl groups is 1. The molecule has 72 valence electrons. The van der Waals surface area contributed by atoms with Crippen molar-refractivity contribution in [1.82, 2.24) is 4.98 Å². The second-order valence-electron chi connectivity index (χ2n) is 4.07. The molecule has 1 heterocycles. The van der Waals surface area contributed by atoms with Crippen LogP contribution in [0.5, 0.6) is 0 Å². The third-order valence-electron chi connectivity index (χ3n) is 1.59. The summed E-state index contributed by atoms with van der Waals surface area (Å²) in [6.45, 7) is 6.25. The maximum atomic E-state index is 9.05. The van der Waals surface area contributed by atoms with Gasteiger partial charge in [-0.15, -0.1) is 0 Å². The average Bonchev–Trinajstić information content (AvgIpc) is 2.02. The van der Waals surface area contributed by atoms with Gasteiger partial charge in [-0.3, -0.25) is 4.98 Å². The summed E-state index contributed by atoms with van der Waals surface area (Å²) in [6.07, 6.45) is 3.41. The van der Waals surface area contributed by atoms with Gasteiger partial charge in [0, 0.05) is 17.3 Å². The van der Waals surface area contributed by atoms with Gasteiger partial charge in [-0.25, -0.2) is 0 Å². The monoisotopic (exact) mass is 180 g/mol. The molecular weight excluding hydrogens is 164 g/mol. The van der Waals surface area contributed by atoms with E-state index in [9.17, 15) is 0 Å². The Morgan fingerprint density at radius 1 is 1.46 bits per heavy atom. The van der Waals surface area contributed by atoms with Crippen molar-refractivity contribution in [3.8, 4) is 0 Å². The predicted octanol–water partition coefficient (Wildman–Crippen LogP) is 1.78. The maximum Gasteiger partial charge on any atom is 0.0703 e. The van der Waals surface area contributed by atoms with Crippen molar-refractivity contribution in [2.24, 2.45) is 0 Å². The van der Waals surface area contributed by atoms with Gasteiger partial charge < -0.3 is 10.4 Å². The molecule has 0 spiro atoms. The van der Waals surface area contributed by atoms with Crippen LogP contribution in [0.3, 0.4) is 0 Å². The lowest BCUT2D eigenvalue weighted by atomic mass is 10.1. The first kappa shape index (κ1) is 9.99. The number of hydrogen-bond donors (Lipinski definition) is 2. The number of pyridine rings is 1. The van der Waals surface area contributed by atoms with Crippen molar-refractivity contribution in [2.75, 3.05) is 5.32 Å². The van der Waals surface area contributed by atoms with Crippen LogP contribution in [0, 0.1) is 0 Å². The third kappa shape index (κ3) is 3.03. The number of anilines is 1. The molecule has 2 N–H and O–H groups in total.